The third-order valence-electron chi connectivity index (χ3n) is 5.90. The van der Waals surface area contributed by atoms with Gasteiger partial charge in [-0.1, -0.05) is 12.1 Å². The molecule has 3 heterocycles. The van der Waals surface area contributed by atoms with Crippen molar-refractivity contribution in [2.75, 3.05) is 38.8 Å². The molecule has 1 amide bonds. The Labute approximate surface area is 165 Å². The van der Waals surface area contributed by atoms with E-state index in [4.69, 9.17) is 9.47 Å². The van der Waals surface area contributed by atoms with Crippen LogP contribution in [0.1, 0.15) is 24.8 Å². The van der Waals surface area contributed by atoms with Crippen LogP contribution in [-0.2, 0) is 11.3 Å². The zero-order chi connectivity index (χ0) is 19.6. The van der Waals surface area contributed by atoms with E-state index < -0.39 is 0 Å². The minimum absolute atomic E-state index is 0.231. The highest BCUT2D eigenvalue weighted by Gasteiger charge is 2.48. The van der Waals surface area contributed by atoms with E-state index in [0.29, 0.717) is 24.6 Å². The third-order valence-corrected chi connectivity index (χ3v) is 5.90. The Bertz CT molecular complexity index is 845. The van der Waals surface area contributed by atoms with Crippen LogP contribution >= 0.6 is 0 Å². The van der Waals surface area contributed by atoms with E-state index in [-0.39, 0.29) is 11.3 Å². The molecule has 2 aliphatic heterocycles. The normalized spacial score (nSPS) is 22.0. The summed E-state index contributed by atoms with van der Waals surface area (Å²) >= 11 is 0. The molecule has 0 unspecified atom stereocenters. The molecule has 1 aromatic heterocycles. The number of anilines is 1. The summed E-state index contributed by atoms with van der Waals surface area (Å²) in [6.45, 7) is 2.84. The third kappa shape index (κ3) is 3.25. The number of benzene rings is 1. The van der Waals surface area contributed by atoms with E-state index >= 15 is 0 Å². The molecule has 0 N–H and O–H groups in total. The number of para-hydroxylation sites is 1. The van der Waals surface area contributed by atoms with Crippen LogP contribution in [0.5, 0.6) is 11.5 Å². The van der Waals surface area contributed by atoms with Crippen LogP contribution < -0.4 is 14.4 Å². The predicted octanol–water partition coefficient (Wildman–Crippen LogP) is 2.51. The monoisotopic (exact) mass is 382 g/mol. The maximum Gasteiger partial charge on any atom is 0.230 e. The molecular weight excluding hydrogens is 356 g/mol. The van der Waals surface area contributed by atoms with Crippen LogP contribution in [0.3, 0.4) is 0 Å². The summed E-state index contributed by atoms with van der Waals surface area (Å²) < 4.78 is 11.0. The zero-order valence-corrected chi connectivity index (χ0v) is 16.4. The Morgan fingerprint density at radius 2 is 2.04 bits per heavy atom. The maximum atomic E-state index is 13.5. The first-order chi connectivity index (χ1) is 13.7. The van der Waals surface area contributed by atoms with E-state index in [2.05, 4.69) is 14.9 Å². The molecule has 2 fully saturated rings. The van der Waals surface area contributed by atoms with Crippen molar-refractivity contribution in [3.8, 4) is 11.5 Å². The van der Waals surface area contributed by atoms with Crippen LogP contribution in [0.15, 0.2) is 36.8 Å². The molecule has 0 saturated carbocycles. The van der Waals surface area contributed by atoms with E-state index in [1.807, 2.05) is 23.1 Å². The second-order valence-corrected chi connectivity index (χ2v) is 7.50. The number of nitrogens with zero attached hydrogens (tertiary/aromatic N) is 4. The number of ether oxygens (including phenoxy) is 2. The molecule has 148 valence electrons. The van der Waals surface area contributed by atoms with Crippen molar-refractivity contribution in [2.45, 2.75) is 25.8 Å². The molecule has 2 aromatic rings. The lowest BCUT2D eigenvalue weighted by molar-refractivity contribution is -0.145. The van der Waals surface area contributed by atoms with Crippen molar-refractivity contribution in [1.82, 2.24) is 14.9 Å². The van der Waals surface area contributed by atoms with E-state index in [0.717, 1.165) is 43.7 Å². The number of amides is 1. The lowest BCUT2D eigenvalue weighted by Crippen LogP contribution is -2.49. The Balaban J connectivity index is 1.53. The highest BCUT2D eigenvalue weighted by atomic mass is 16.5. The molecule has 0 radical (unpaired) electrons. The van der Waals surface area contributed by atoms with Crippen LogP contribution in [0.25, 0.3) is 0 Å². The first-order valence-corrected chi connectivity index (χ1v) is 9.67. The van der Waals surface area contributed by atoms with Gasteiger partial charge in [0.1, 0.15) is 5.82 Å². The summed E-state index contributed by atoms with van der Waals surface area (Å²) in [6, 6.07) is 5.81. The smallest absolute Gasteiger partial charge is 0.230 e. The van der Waals surface area contributed by atoms with Crippen molar-refractivity contribution in [2.24, 2.45) is 5.41 Å². The number of carbonyl (C=O) groups is 1. The highest BCUT2D eigenvalue weighted by molar-refractivity contribution is 5.85. The average molecular weight is 382 g/mol. The molecular formula is C21H26N4O3. The van der Waals surface area contributed by atoms with Gasteiger partial charge in [0, 0.05) is 44.1 Å². The second kappa shape index (κ2) is 7.66. The summed E-state index contributed by atoms with van der Waals surface area (Å²) in [4.78, 5) is 26.2. The fourth-order valence-electron chi connectivity index (χ4n) is 4.49. The number of hydrogen-bond donors (Lipinski definition) is 0. The highest BCUT2D eigenvalue weighted by Crippen LogP contribution is 2.42. The molecule has 2 saturated heterocycles. The van der Waals surface area contributed by atoms with Crippen molar-refractivity contribution in [3.63, 3.8) is 0 Å². The average Bonchev–Trinajstić information content (AvgIpc) is 3.17. The molecule has 1 aromatic carbocycles. The number of aromatic nitrogens is 2. The van der Waals surface area contributed by atoms with Crippen molar-refractivity contribution < 1.29 is 14.3 Å². The number of likely N-dealkylation sites (tertiary alicyclic amines) is 1. The van der Waals surface area contributed by atoms with E-state index in [1.165, 1.54) is 0 Å². The molecule has 7 nitrogen and oxygen atoms in total. The van der Waals surface area contributed by atoms with Gasteiger partial charge in [-0.15, -0.1) is 0 Å². The summed E-state index contributed by atoms with van der Waals surface area (Å²) in [5.74, 6) is 2.47. The minimum Gasteiger partial charge on any atom is -0.493 e. The van der Waals surface area contributed by atoms with Crippen LogP contribution in [0, 0.1) is 5.41 Å². The lowest BCUT2D eigenvalue weighted by atomic mass is 9.78. The van der Waals surface area contributed by atoms with Gasteiger partial charge in [0.15, 0.2) is 11.5 Å². The topological polar surface area (TPSA) is 67.8 Å². The second-order valence-electron chi connectivity index (χ2n) is 7.50. The summed E-state index contributed by atoms with van der Waals surface area (Å²) in [6.07, 6.45) is 7.93. The Morgan fingerprint density at radius 3 is 2.79 bits per heavy atom. The summed E-state index contributed by atoms with van der Waals surface area (Å²) in [5.41, 5.74) is 0.637. The first kappa shape index (κ1) is 18.5. The SMILES string of the molecule is COc1cccc(CN2CCC[C@@]3(CCN(c4cnccn4)C3)C2=O)c1OC. The zero-order valence-electron chi connectivity index (χ0n) is 16.4. The fraction of sp³-hybridized carbons (Fsp3) is 0.476. The Morgan fingerprint density at radius 1 is 1.14 bits per heavy atom. The van der Waals surface area contributed by atoms with Crippen molar-refractivity contribution in [1.29, 1.82) is 0 Å². The van der Waals surface area contributed by atoms with Crippen molar-refractivity contribution >= 4 is 11.7 Å². The van der Waals surface area contributed by atoms with Gasteiger partial charge in [-0.05, 0) is 25.3 Å². The van der Waals surface area contributed by atoms with Crippen LogP contribution in [0.4, 0.5) is 5.82 Å². The number of rotatable bonds is 5. The summed E-state index contributed by atoms with van der Waals surface area (Å²) in [7, 11) is 3.26. The fourth-order valence-corrected chi connectivity index (χ4v) is 4.49. The van der Waals surface area contributed by atoms with Crippen LogP contribution in [-0.4, -0.2) is 54.6 Å². The van der Waals surface area contributed by atoms with Gasteiger partial charge in [0.05, 0.1) is 25.8 Å². The van der Waals surface area contributed by atoms with Gasteiger partial charge in [-0.3, -0.25) is 9.78 Å². The number of hydrogen-bond acceptors (Lipinski definition) is 6. The maximum absolute atomic E-state index is 13.5. The molecule has 1 atom stereocenters. The van der Waals surface area contributed by atoms with Gasteiger partial charge in [0.2, 0.25) is 5.91 Å². The van der Waals surface area contributed by atoms with E-state index in [1.54, 1.807) is 32.8 Å². The van der Waals surface area contributed by atoms with Gasteiger partial charge in [-0.2, -0.15) is 0 Å². The number of piperidine rings is 1. The summed E-state index contributed by atoms with van der Waals surface area (Å²) in [5, 5.41) is 0. The largest absolute Gasteiger partial charge is 0.493 e. The predicted molar refractivity (Wildman–Crippen MR) is 105 cm³/mol. The number of carbonyl (C=O) groups excluding carboxylic acids is 1. The van der Waals surface area contributed by atoms with Gasteiger partial charge in [0.25, 0.3) is 0 Å². The molecule has 0 bridgehead atoms. The quantitative estimate of drug-likeness (QED) is 0.792. The van der Waals surface area contributed by atoms with Gasteiger partial charge in [-0.25, -0.2) is 4.98 Å². The lowest BCUT2D eigenvalue weighted by Gasteiger charge is -2.39. The van der Waals surface area contributed by atoms with E-state index in [9.17, 15) is 4.79 Å². The van der Waals surface area contributed by atoms with Crippen LogP contribution in [0.2, 0.25) is 0 Å². The minimum atomic E-state index is -0.331. The molecule has 2 aliphatic rings. The number of methoxy groups -OCH3 is 2. The standard InChI is InChI=1S/C21H26N4O3/c1-27-17-6-3-5-16(19(17)28-2)14-24-11-4-7-21(20(24)26)8-12-25(15-21)18-13-22-9-10-23-18/h3,5-6,9-10,13H,4,7-8,11-12,14-15H2,1-2H3/t21-/m0/s1. The van der Waals surface area contributed by atoms with Gasteiger partial charge < -0.3 is 19.3 Å². The van der Waals surface area contributed by atoms with Crippen molar-refractivity contribution in [3.05, 3.63) is 42.4 Å². The molecule has 4 rings (SSSR count). The van der Waals surface area contributed by atoms with Gasteiger partial charge >= 0.3 is 0 Å². The Kier molecular flexibility index (Phi) is 5.07. The molecule has 7 heteroatoms. The molecule has 28 heavy (non-hydrogen) atoms. The first-order valence-electron chi connectivity index (χ1n) is 9.67. The molecule has 0 aliphatic carbocycles. The Hall–Kier alpha value is -2.83. The molecule has 1 spiro atoms.